The number of aliphatic hydroxyl groups is 1. The van der Waals surface area contributed by atoms with Gasteiger partial charge in [0.15, 0.2) is 0 Å². The molecule has 41 heavy (non-hydrogen) atoms. The highest BCUT2D eigenvalue weighted by molar-refractivity contribution is 6.30. The van der Waals surface area contributed by atoms with E-state index < -0.39 is 18.0 Å². The van der Waals surface area contributed by atoms with Crippen LogP contribution in [0.2, 0.25) is 5.02 Å². The molecule has 4 aliphatic rings. The number of hydrogen-bond acceptors (Lipinski definition) is 5. The number of aliphatic hydroxyl groups excluding tert-OH is 1. The summed E-state index contributed by atoms with van der Waals surface area (Å²) in [5.41, 5.74) is 3.79. The zero-order valence-electron chi connectivity index (χ0n) is 23.6. The third-order valence-corrected chi connectivity index (χ3v) is 10.1. The van der Waals surface area contributed by atoms with Crippen molar-refractivity contribution in [3.8, 4) is 5.75 Å². The molecule has 5 atom stereocenters. The summed E-state index contributed by atoms with van der Waals surface area (Å²) >= 11 is 6.39. The van der Waals surface area contributed by atoms with Crippen molar-refractivity contribution >= 4 is 29.2 Å². The molecule has 2 N–H and O–H groups in total. The van der Waals surface area contributed by atoms with E-state index in [4.69, 9.17) is 16.3 Å². The minimum absolute atomic E-state index is 0.111. The lowest BCUT2D eigenvalue weighted by atomic mass is 9.68. The second-order valence-electron chi connectivity index (χ2n) is 12.5. The van der Waals surface area contributed by atoms with E-state index in [-0.39, 0.29) is 23.7 Å². The molecule has 2 aliphatic carbocycles. The van der Waals surface area contributed by atoms with Gasteiger partial charge in [-0.05, 0) is 91.3 Å². The van der Waals surface area contributed by atoms with Crippen molar-refractivity contribution < 1.29 is 24.5 Å². The molecule has 1 saturated carbocycles. The molecule has 2 aromatic rings. The lowest BCUT2D eigenvalue weighted by molar-refractivity contribution is -0.142. The van der Waals surface area contributed by atoms with Crippen molar-refractivity contribution in [1.82, 2.24) is 4.90 Å². The molecule has 7 nitrogen and oxygen atoms in total. The molecule has 2 bridgehead atoms. The van der Waals surface area contributed by atoms with Crippen molar-refractivity contribution in [2.45, 2.75) is 62.4 Å². The normalized spacial score (nSPS) is 30.9. The van der Waals surface area contributed by atoms with Gasteiger partial charge in [0.1, 0.15) is 5.75 Å². The number of carboxylic acid groups (broad SMARTS) is 1. The fraction of sp³-hybridized carbons (Fsp3) is 0.515. The molecular formula is C33H39ClN2O5. The molecule has 1 unspecified atom stereocenters. The largest absolute Gasteiger partial charge is 0.490 e. The number of benzene rings is 2. The van der Waals surface area contributed by atoms with Gasteiger partial charge in [-0.25, -0.2) is 0 Å². The highest BCUT2D eigenvalue weighted by Gasteiger charge is 2.44. The number of aryl methyl sites for hydroxylation is 1. The van der Waals surface area contributed by atoms with E-state index in [1.165, 1.54) is 11.1 Å². The second-order valence-corrected chi connectivity index (χ2v) is 12.9. The first-order valence-corrected chi connectivity index (χ1v) is 15.2. The fourth-order valence-corrected chi connectivity index (χ4v) is 7.55. The van der Waals surface area contributed by atoms with Crippen LogP contribution in [0, 0.1) is 11.8 Å². The van der Waals surface area contributed by atoms with Crippen LogP contribution in [0.4, 0.5) is 5.69 Å². The number of anilines is 1. The minimum atomic E-state index is -1.01. The van der Waals surface area contributed by atoms with Crippen LogP contribution in [0.3, 0.4) is 0 Å². The average Bonchev–Trinajstić information content (AvgIpc) is 3.08. The molecule has 1 spiro atoms. The summed E-state index contributed by atoms with van der Waals surface area (Å²) in [5, 5.41) is 22.0. The number of carbonyl (C=O) groups is 2. The lowest BCUT2D eigenvalue weighted by Gasteiger charge is -2.45. The summed E-state index contributed by atoms with van der Waals surface area (Å²) in [6.07, 6.45) is 8.82. The van der Waals surface area contributed by atoms with Gasteiger partial charge in [-0.1, -0.05) is 35.9 Å². The van der Waals surface area contributed by atoms with Crippen LogP contribution >= 0.6 is 11.6 Å². The Morgan fingerprint density at radius 3 is 2.80 bits per heavy atom. The Morgan fingerprint density at radius 2 is 2.02 bits per heavy atom. The number of carboxylic acids is 1. The van der Waals surface area contributed by atoms with E-state index in [1.807, 2.05) is 30.4 Å². The Kier molecular flexibility index (Phi) is 7.77. The number of carbonyl (C=O) groups excluding carboxylic acids is 1. The van der Waals surface area contributed by atoms with Gasteiger partial charge in [-0.3, -0.25) is 9.59 Å². The van der Waals surface area contributed by atoms with Gasteiger partial charge in [-0.15, -0.1) is 0 Å². The maximum absolute atomic E-state index is 13.0. The molecular weight excluding hydrogens is 540 g/mol. The van der Waals surface area contributed by atoms with Gasteiger partial charge >= 0.3 is 5.97 Å². The summed E-state index contributed by atoms with van der Waals surface area (Å²) in [4.78, 5) is 29.4. The summed E-state index contributed by atoms with van der Waals surface area (Å²) in [7, 11) is 1.71. The number of rotatable bonds is 1. The van der Waals surface area contributed by atoms with Crippen LogP contribution in [0.5, 0.6) is 5.75 Å². The molecule has 0 radical (unpaired) electrons. The van der Waals surface area contributed by atoms with E-state index in [9.17, 15) is 19.8 Å². The number of fused-ring (bicyclic) bond motifs is 4. The fourth-order valence-electron chi connectivity index (χ4n) is 7.35. The van der Waals surface area contributed by atoms with Gasteiger partial charge in [0, 0.05) is 43.5 Å². The maximum atomic E-state index is 13.0. The highest BCUT2D eigenvalue weighted by atomic mass is 35.5. The average molecular weight is 579 g/mol. The first kappa shape index (κ1) is 28.1. The van der Waals surface area contributed by atoms with Gasteiger partial charge in [0.05, 0.1) is 24.3 Å². The Bertz CT molecular complexity index is 1360. The third kappa shape index (κ3) is 5.46. The summed E-state index contributed by atoms with van der Waals surface area (Å²) < 4.78 is 6.57. The summed E-state index contributed by atoms with van der Waals surface area (Å²) in [6.45, 7) is 2.48. The van der Waals surface area contributed by atoms with Crippen LogP contribution in [-0.4, -0.2) is 66.4 Å². The lowest BCUT2D eigenvalue weighted by Crippen LogP contribution is -2.49. The molecule has 6 rings (SSSR count). The van der Waals surface area contributed by atoms with Crippen molar-refractivity contribution in [3.05, 3.63) is 70.3 Å². The van der Waals surface area contributed by atoms with Crippen LogP contribution < -0.4 is 9.64 Å². The van der Waals surface area contributed by atoms with Gasteiger partial charge < -0.3 is 24.7 Å². The molecule has 2 aromatic carbocycles. The molecule has 1 fully saturated rings. The number of ether oxygens (including phenoxy) is 1. The topological polar surface area (TPSA) is 90.3 Å². The molecule has 0 aromatic heterocycles. The number of aliphatic carboxylic acids is 1. The SMILES string of the molecule is CN1CC/C=C/[C@H](O)[C@@H]2CC[C@H]2CN2C[C@@]3(CCCc4cc(Cl)ccc43)COc3ccc(cc32)C(C(=O)O)CC1=O. The first-order chi connectivity index (χ1) is 19.7. The quantitative estimate of drug-likeness (QED) is 0.453. The van der Waals surface area contributed by atoms with E-state index in [0.717, 1.165) is 61.7 Å². The molecule has 2 heterocycles. The third-order valence-electron chi connectivity index (χ3n) is 9.90. The summed E-state index contributed by atoms with van der Waals surface area (Å²) in [6, 6.07) is 11.8. The molecule has 8 heteroatoms. The van der Waals surface area contributed by atoms with E-state index >= 15 is 0 Å². The molecule has 0 saturated heterocycles. The van der Waals surface area contributed by atoms with Gasteiger partial charge in [-0.2, -0.15) is 0 Å². The van der Waals surface area contributed by atoms with Crippen molar-refractivity contribution in [2.75, 3.05) is 38.2 Å². The zero-order chi connectivity index (χ0) is 28.7. The van der Waals surface area contributed by atoms with E-state index in [1.54, 1.807) is 18.0 Å². The second kappa shape index (κ2) is 11.3. The number of nitrogens with zero attached hydrogens (tertiary/aromatic N) is 2. The first-order valence-electron chi connectivity index (χ1n) is 14.9. The maximum Gasteiger partial charge on any atom is 0.311 e. The molecule has 2 aliphatic heterocycles. The van der Waals surface area contributed by atoms with Gasteiger partial charge in [0.2, 0.25) is 5.91 Å². The van der Waals surface area contributed by atoms with Gasteiger partial charge in [0.25, 0.3) is 0 Å². The molecule has 1 amide bonds. The Morgan fingerprint density at radius 1 is 1.17 bits per heavy atom. The predicted molar refractivity (Wildman–Crippen MR) is 159 cm³/mol. The van der Waals surface area contributed by atoms with Crippen LogP contribution in [0.25, 0.3) is 0 Å². The number of halogens is 1. The van der Waals surface area contributed by atoms with E-state index in [0.29, 0.717) is 31.1 Å². The Hall–Kier alpha value is -3.03. The highest BCUT2D eigenvalue weighted by Crippen LogP contribution is 2.47. The van der Waals surface area contributed by atoms with E-state index in [2.05, 4.69) is 17.0 Å². The van der Waals surface area contributed by atoms with Crippen molar-refractivity contribution in [1.29, 1.82) is 0 Å². The Balaban J connectivity index is 1.43. The summed E-state index contributed by atoms with van der Waals surface area (Å²) in [5.74, 6) is -0.968. The van der Waals surface area contributed by atoms with Crippen LogP contribution in [0.15, 0.2) is 48.6 Å². The predicted octanol–water partition coefficient (Wildman–Crippen LogP) is 5.18. The molecule has 218 valence electrons. The van der Waals surface area contributed by atoms with Crippen molar-refractivity contribution in [2.24, 2.45) is 11.8 Å². The van der Waals surface area contributed by atoms with Crippen LogP contribution in [-0.2, 0) is 21.4 Å². The van der Waals surface area contributed by atoms with Crippen LogP contribution in [0.1, 0.15) is 61.1 Å². The Labute approximate surface area is 246 Å². The minimum Gasteiger partial charge on any atom is -0.490 e. The zero-order valence-corrected chi connectivity index (χ0v) is 24.4. The smallest absolute Gasteiger partial charge is 0.311 e. The standard InChI is InChI=1S/C33H39ClN2O5/c1-35-14-3-2-6-29(37)25-10-7-23(25)18-36-19-33(13-4-5-22-15-24(34)9-11-27(22)33)20-41-30-12-8-21(16-28(30)36)26(32(39)40)17-31(35)38/h2,6,8-9,11-12,15-16,23,25-26,29,37H,3-5,7,10,13-14,17-20H2,1H3,(H,39,40)/b6-2+/t23-,25+,26?,29-,33-/m0/s1. The number of amides is 1. The monoisotopic (exact) mass is 578 g/mol. The van der Waals surface area contributed by atoms with Crippen molar-refractivity contribution in [3.63, 3.8) is 0 Å². The number of hydrogen-bond donors (Lipinski definition) is 2.